The van der Waals surface area contributed by atoms with Crippen LogP contribution in [0.5, 0.6) is 0 Å². The van der Waals surface area contributed by atoms with Crippen LogP contribution in [0.2, 0.25) is 0 Å². The van der Waals surface area contributed by atoms with Crippen LogP contribution in [0.15, 0.2) is 30.3 Å². The molecule has 0 saturated carbocycles. The van der Waals surface area contributed by atoms with Crippen LogP contribution < -0.4 is 5.32 Å². The molecule has 0 bridgehead atoms. The predicted molar refractivity (Wildman–Crippen MR) is 90.3 cm³/mol. The number of benzene rings is 1. The molecular weight excluding hydrogens is 282 g/mol. The van der Waals surface area contributed by atoms with E-state index in [9.17, 15) is 8.42 Å². The summed E-state index contributed by atoms with van der Waals surface area (Å²) < 4.78 is 23.5. The van der Waals surface area contributed by atoms with Gasteiger partial charge in [-0.3, -0.25) is 0 Å². The first-order valence-corrected chi connectivity index (χ1v) is 9.53. The highest BCUT2D eigenvalue weighted by molar-refractivity contribution is 7.91. The SMILES string of the molecule is CCS(=O)(=O)CCC(CNC(C)(C)C)Cc1ccccc1. The summed E-state index contributed by atoms with van der Waals surface area (Å²) in [6, 6.07) is 10.3. The molecule has 1 aromatic rings. The van der Waals surface area contributed by atoms with E-state index in [1.54, 1.807) is 6.92 Å². The highest BCUT2D eigenvalue weighted by Crippen LogP contribution is 2.14. The van der Waals surface area contributed by atoms with Gasteiger partial charge in [0.15, 0.2) is 0 Å². The van der Waals surface area contributed by atoms with Crippen LogP contribution >= 0.6 is 0 Å². The van der Waals surface area contributed by atoms with Gasteiger partial charge in [-0.2, -0.15) is 0 Å². The third-order valence-corrected chi connectivity index (χ3v) is 5.30. The molecule has 0 amide bonds. The van der Waals surface area contributed by atoms with Crippen LogP contribution in [0.25, 0.3) is 0 Å². The molecule has 0 spiro atoms. The Morgan fingerprint density at radius 1 is 1.14 bits per heavy atom. The molecule has 3 nitrogen and oxygen atoms in total. The highest BCUT2D eigenvalue weighted by atomic mass is 32.2. The minimum atomic E-state index is -2.89. The molecule has 0 aliphatic carbocycles. The summed E-state index contributed by atoms with van der Waals surface area (Å²) >= 11 is 0. The topological polar surface area (TPSA) is 46.2 Å². The lowest BCUT2D eigenvalue weighted by Gasteiger charge is -2.25. The molecule has 0 saturated heterocycles. The van der Waals surface area contributed by atoms with Crippen LogP contribution in [0.4, 0.5) is 0 Å². The third kappa shape index (κ3) is 8.22. The zero-order valence-electron chi connectivity index (χ0n) is 13.7. The predicted octanol–water partition coefficient (Wildman–Crippen LogP) is 3.06. The van der Waals surface area contributed by atoms with Crippen LogP contribution in [0.3, 0.4) is 0 Å². The first-order chi connectivity index (χ1) is 9.72. The fourth-order valence-corrected chi connectivity index (χ4v) is 3.15. The molecule has 120 valence electrons. The average molecular weight is 311 g/mol. The summed E-state index contributed by atoms with van der Waals surface area (Å²) in [4.78, 5) is 0. The van der Waals surface area contributed by atoms with Crippen molar-refractivity contribution in [2.45, 2.75) is 46.1 Å². The third-order valence-electron chi connectivity index (χ3n) is 3.57. The van der Waals surface area contributed by atoms with Gasteiger partial charge in [-0.1, -0.05) is 37.3 Å². The molecule has 4 heteroatoms. The lowest BCUT2D eigenvalue weighted by molar-refractivity contribution is 0.363. The van der Waals surface area contributed by atoms with E-state index in [-0.39, 0.29) is 17.0 Å². The van der Waals surface area contributed by atoms with Gasteiger partial charge in [-0.25, -0.2) is 8.42 Å². The van der Waals surface area contributed by atoms with E-state index in [1.165, 1.54) is 5.56 Å². The van der Waals surface area contributed by atoms with Gasteiger partial charge in [0.1, 0.15) is 9.84 Å². The lowest BCUT2D eigenvalue weighted by atomic mass is 9.95. The summed E-state index contributed by atoms with van der Waals surface area (Å²) in [6.07, 6.45) is 1.64. The van der Waals surface area contributed by atoms with Gasteiger partial charge in [0.05, 0.1) is 5.75 Å². The van der Waals surface area contributed by atoms with E-state index in [0.717, 1.165) is 13.0 Å². The van der Waals surface area contributed by atoms with Gasteiger partial charge in [0.2, 0.25) is 0 Å². The molecule has 1 atom stereocenters. The maximum Gasteiger partial charge on any atom is 0.150 e. The van der Waals surface area contributed by atoms with E-state index in [2.05, 4.69) is 38.2 Å². The van der Waals surface area contributed by atoms with E-state index in [0.29, 0.717) is 12.3 Å². The zero-order valence-corrected chi connectivity index (χ0v) is 14.5. The van der Waals surface area contributed by atoms with Crippen molar-refractivity contribution >= 4 is 9.84 Å². The average Bonchev–Trinajstić information content (AvgIpc) is 2.42. The second-order valence-corrected chi connectivity index (χ2v) is 9.18. The maximum absolute atomic E-state index is 11.7. The second kappa shape index (κ2) is 7.95. The Kier molecular flexibility index (Phi) is 6.88. The molecule has 1 N–H and O–H groups in total. The lowest BCUT2D eigenvalue weighted by Crippen LogP contribution is -2.40. The summed E-state index contributed by atoms with van der Waals surface area (Å²) in [6.45, 7) is 8.96. The molecule has 0 fully saturated rings. The van der Waals surface area contributed by atoms with E-state index in [1.807, 2.05) is 18.2 Å². The van der Waals surface area contributed by atoms with Gasteiger partial charge in [0.25, 0.3) is 0 Å². The minimum Gasteiger partial charge on any atom is -0.312 e. The molecule has 0 aliphatic rings. The number of hydrogen-bond donors (Lipinski definition) is 1. The monoisotopic (exact) mass is 311 g/mol. The Labute approximate surface area is 130 Å². The fourth-order valence-electron chi connectivity index (χ4n) is 2.16. The first kappa shape index (κ1) is 18.2. The van der Waals surface area contributed by atoms with Gasteiger partial charge >= 0.3 is 0 Å². The quantitative estimate of drug-likeness (QED) is 0.802. The van der Waals surface area contributed by atoms with Crippen molar-refractivity contribution in [1.29, 1.82) is 0 Å². The maximum atomic E-state index is 11.7. The summed E-state index contributed by atoms with van der Waals surface area (Å²) in [5, 5.41) is 3.50. The van der Waals surface area contributed by atoms with Crippen molar-refractivity contribution in [3.63, 3.8) is 0 Å². The zero-order chi connectivity index (χ0) is 15.9. The Bertz CT molecular complexity index is 503. The molecule has 1 aromatic carbocycles. The number of rotatable bonds is 8. The Morgan fingerprint density at radius 2 is 1.76 bits per heavy atom. The largest absolute Gasteiger partial charge is 0.312 e. The number of hydrogen-bond acceptors (Lipinski definition) is 3. The Morgan fingerprint density at radius 3 is 2.29 bits per heavy atom. The van der Waals surface area contributed by atoms with E-state index >= 15 is 0 Å². The van der Waals surface area contributed by atoms with Gasteiger partial charge in [0, 0.05) is 11.3 Å². The van der Waals surface area contributed by atoms with Crippen molar-refractivity contribution in [1.82, 2.24) is 5.32 Å². The van der Waals surface area contributed by atoms with Crippen LogP contribution in [-0.2, 0) is 16.3 Å². The summed E-state index contributed by atoms with van der Waals surface area (Å²) in [7, 11) is -2.89. The standard InChI is InChI=1S/C17H29NO2S/c1-5-21(19,20)12-11-16(14-18-17(2,3)4)13-15-9-7-6-8-10-15/h6-10,16,18H,5,11-14H2,1-4H3. The second-order valence-electron chi connectivity index (χ2n) is 6.71. The molecular formula is C17H29NO2S. The highest BCUT2D eigenvalue weighted by Gasteiger charge is 2.17. The van der Waals surface area contributed by atoms with Crippen molar-refractivity contribution in [3.05, 3.63) is 35.9 Å². The molecule has 21 heavy (non-hydrogen) atoms. The Balaban J connectivity index is 2.65. The minimum absolute atomic E-state index is 0.0541. The smallest absolute Gasteiger partial charge is 0.150 e. The van der Waals surface area contributed by atoms with Gasteiger partial charge in [-0.05, 0) is 51.6 Å². The van der Waals surface area contributed by atoms with E-state index < -0.39 is 9.84 Å². The van der Waals surface area contributed by atoms with Crippen LogP contribution in [0.1, 0.15) is 39.7 Å². The van der Waals surface area contributed by atoms with Gasteiger partial charge in [-0.15, -0.1) is 0 Å². The fraction of sp³-hybridized carbons (Fsp3) is 0.647. The van der Waals surface area contributed by atoms with Crippen LogP contribution in [-0.4, -0.2) is 32.0 Å². The molecule has 0 heterocycles. The normalized spacial score (nSPS) is 14.1. The molecule has 1 rings (SSSR count). The summed E-state index contributed by atoms with van der Waals surface area (Å²) in [5.74, 6) is 0.859. The first-order valence-electron chi connectivity index (χ1n) is 7.71. The molecule has 0 aliphatic heterocycles. The number of sulfone groups is 1. The van der Waals surface area contributed by atoms with Crippen molar-refractivity contribution < 1.29 is 8.42 Å². The molecule has 0 radical (unpaired) electrons. The Hall–Kier alpha value is -0.870. The molecule has 0 aromatic heterocycles. The van der Waals surface area contributed by atoms with Crippen molar-refractivity contribution in [2.24, 2.45) is 5.92 Å². The van der Waals surface area contributed by atoms with Gasteiger partial charge < -0.3 is 5.32 Å². The van der Waals surface area contributed by atoms with Crippen LogP contribution in [0, 0.1) is 5.92 Å². The van der Waals surface area contributed by atoms with E-state index in [4.69, 9.17) is 0 Å². The van der Waals surface area contributed by atoms with Crippen molar-refractivity contribution in [2.75, 3.05) is 18.1 Å². The molecule has 1 unspecified atom stereocenters. The van der Waals surface area contributed by atoms with Crippen molar-refractivity contribution in [3.8, 4) is 0 Å². The summed E-state index contributed by atoms with van der Waals surface area (Å²) in [5.41, 5.74) is 1.32. The number of nitrogens with one attached hydrogen (secondary N) is 1.